The van der Waals surface area contributed by atoms with Gasteiger partial charge in [-0.3, -0.25) is 0 Å². The van der Waals surface area contributed by atoms with Gasteiger partial charge in [-0.1, -0.05) is 45.2 Å². The van der Waals surface area contributed by atoms with Crippen molar-refractivity contribution in [2.75, 3.05) is 0 Å². The van der Waals surface area contributed by atoms with Crippen molar-refractivity contribution in [1.82, 2.24) is 0 Å². The maximum Gasteiger partial charge on any atom is 0.147 e. The molecule has 0 saturated carbocycles. The number of halogens is 4. The van der Waals surface area contributed by atoms with E-state index in [-0.39, 0.29) is 0 Å². The first-order valence-electron chi connectivity index (χ1n) is 5.07. The summed E-state index contributed by atoms with van der Waals surface area (Å²) in [7, 11) is 0. The normalized spacial score (nSPS) is 10.4. The van der Waals surface area contributed by atoms with E-state index in [0.29, 0.717) is 21.5 Å². The lowest BCUT2D eigenvalue weighted by Gasteiger charge is -2.10. The van der Waals surface area contributed by atoms with Crippen LogP contribution in [0.2, 0.25) is 10.0 Å². The molecule has 0 radical (unpaired) electrons. The van der Waals surface area contributed by atoms with E-state index in [9.17, 15) is 0 Å². The van der Waals surface area contributed by atoms with Crippen molar-refractivity contribution in [2.24, 2.45) is 0 Å². The van der Waals surface area contributed by atoms with Gasteiger partial charge in [0.15, 0.2) is 0 Å². The molecule has 0 aliphatic carbocycles. The van der Waals surface area contributed by atoms with E-state index in [0.717, 1.165) is 15.4 Å². The lowest BCUT2D eigenvalue weighted by Crippen LogP contribution is -1.88. The summed E-state index contributed by atoms with van der Waals surface area (Å²) in [6.07, 6.45) is 0. The molecule has 0 spiro atoms. The van der Waals surface area contributed by atoms with Crippen molar-refractivity contribution >= 4 is 55.1 Å². The molecule has 5 heteroatoms. The van der Waals surface area contributed by atoms with Crippen molar-refractivity contribution in [1.29, 1.82) is 0 Å². The number of rotatable bonds is 3. The molecule has 2 aromatic carbocycles. The Morgan fingerprint density at radius 1 is 1.00 bits per heavy atom. The fourth-order valence-corrected chi connectivity index (χ4v) is 2.56. The maximum absolute atomic E-state index is 6.05. The number of hydrogen-bond acceptors (Lipinski definition) is 1. The van der Waals surface area contributed by atoms with Gasteiger partial charge in [0.1, 0.15) is 11.5 Å². The van der Waals surface area contributed by atoms with E-state index in [1.165, 1.54) is 0 Å². The Hall–Kier alpha value is -0.220. The standard InChI is InChI=1S/C13H8Br2Cl2O/c14-7-8-1-4-12(10(15)5-8)18-13-6-9(16)2-3-11(13)17/h1-6H,7H2. The van der Waals surface area contributed by atoms with Crippen LogP contribution in [0.1, 0.15) is 5.56 Å². The van der Waals surface area contributed by atoms with Crippen molar-refractivity contribution in [2.45, 2.75) is 5.33 Å². The smallest absolute Gasteiger partial charge is 0.147 e. The number of ether oxygens (including phenoxy) is 1. The predicted molar refractivity (Wildman–Crippen MR) is 83.3 cm³/mol. The van der Waals surface area contributed by atoms with Gasteiger partial charge in [-0.2, -0.15) is 0 Å². The second-order valence-corrected chi connectivity index (χ2v) is 5.83. The molecule has 0 unspecified atom stereocenters. The SMILES string of the molecule is Clc1ccc(Cl)c(Oc2ccc(CBr)cc2Br)c1. The molecule has 0 aliphatic rings. The zero-order valence-electron chi connectivity index (χ0n) is 9.09. The Morgan fingerprint density at radius 2 is 1.78 bits per heavy atom. The molecule has 0 bridgehead atoms. The van der Waals surface area contributed by atoms with E-state index in [1.54, 1.807) is 18.2 Å². The molecule has 0 amide bonds. The molecule has 2 rings (SSSR count). The topological polar surface area (TPSA) is 9.23 Å². The van der Waals surface area contributed by atoms with Crippen LogP contribution < -0.4 is 4.74 Å². The first kappa shape index (κ1) is 14.2. The van der Waals surface area contributed by atoms with Gasteiger partial charge in [0.25, 0.3) is 0 Å². The Morgan fingerprint density at radius 3 is 2.44 bits per heavy atom. The minimum atomic E-state index is 0.524. The van der Waals surface area contributed by atoms with Crippen molar-refractivity contribution in [3.05, 3.63) is 56.5 Å². The fourth-order valence-electron chi connectivity index (χ4n) is 1.38. The summed E-state index contributed by atoms with van der Waals surface area (Å²) >= 11 is 18.8. The van der Waals surface area contributed by atoms with Gasteiger partial charge in [-0.05, 0) is 45.8 Å². The summed E-state index contributed by atoms with van der Waals surface area (Å²) in [4.78, 5) is 0. The third kappa shape index (κ3) is 3.41. The highest BCUT2D eigenvalue weighted by atomic mass is 79.9. The van der Waals surface area contributed by atoms with E-state index in [4.69, 9.17) is 27.9 Å². The molecule has 0 aliphatic heterocycles. The highest BCUT2D eigenvalue weighted by Gasteiger charge is 2.07. The molecule has 0 N–H and O–H groups in total. The molecule has 0 saturated heterocycles. The zero-order chi connectivity index (χ0) is 13.1. The van der Waals surface area contributed by atoms with Crippen molar-refractivity contribution < 1.29 is 4.74 Å². The number of alkyl halides is 1. The van der Waals surface area contributed by atoms with E-state index in [1.807, 2.05) is 18.2 Å². The average Bonchev–Trinajstić information content (AvgIpc) is 2.36. The number of hydrogen-bond donors (Lipinski definition) is 0. The molecule has 0 atom stereocenters. The van der Waals surface area contributed by atoms with Gasteiger partial charge in [0.05, 0.1) is 9.50 Å². The summed E-state index contributed by atoms with van der Waals surface area (Å²) in [6.45, 7) is 0. The zero-order valence-corrected chi connectivity index (χ0v) is 13.8. The molecule has 2 aromatic rings. The molecular weight excluding hydrogens is 403 g/mol. The second-order valence-electron chi connectivity index (χ2n) is 3.58. The van der Waals surface area contributed by atoms with E-state index < -0.39 is 0 Å². The molecule has 18 heavy (non-hydrogen) atoms. The summed E-state index contributed by atoms with van der Waals surface area (Å²) in [5, 5.41) is 1.91. The Bertz CT molecular complexity index is 573. The minimum absolute atomic E-state index is 0.524. The molecule has 94 valence electrons. The molecule has 0 aromatic heterocycles. The van der Waals surface area contributed by atoms with Gasteiger partial charge in [0.2, 0.25) is 0 Å². The summed E-state index contributed by atoms with van der Waals surface area (Å²) in [6, 6.07) is 11.0. The van der Waals surface area contributed by atoms with Crippen LogP contribution in [0, 0.1) is 0 Å². The predicted octanol–water partition coefficient (Wildman–Crippen LogP) is 6.44. The van der Waals surface area contributed by atoms with Crippen LogP contribution in [0.15, 0.2) is 40.9 Å². The highest BCUT2D eigenvalue weighted by Crippen LogP contribution is 2.35. The van der Waals surface area contributed by atoms with Crippen molar-refractivity contribution in [3.8, 4) is 11.5 Å². The monoisotopic (exact) mass is 408 g/mol. The van der Waals surface area contributed by atoms with Crippen LogP contribution in [0.5, 0.6) is 11.5 Å². The molecular formula is C13H8Br2Cl2O. The fraction of sp³-hybridized carbons (Fsp3) is 0.0769. The van der Waals surface area contributed by atoms with Crippen LogP contribution >= 0.6 is 55.1 Å². The second kappa shape index (κ2) is 6.29. The molecule has 1 nitrogen and oxygen atoms in total. The first-order valence-corrected chi connectivity index (χ1v) is 7.74. The van der Waals surface area contributed by atoms with Crippen LogP contribution in [0.25, 0.3) is 0 Å². The lowest BCUT2D eigenvalue weighted by molar-refractivity contribution is 0.480. The summed E-state index contributed by atoms with van der Waals surface area (Å²) in [5.74, 6) is 1.24. The third-order valence-electron chi connectivity index (χ3n) is 2.26. The Kier molecular flexibility index (Phi) is 4.96. The summed E-state index contributed by atoms with van der Waals surface area (Å²) < 4.78 is 6.61. The van der Waals surface area contributed by atoms with Crippen LogP contribution in [0.4, 0.5) is 0 Å². The Labute approximate surface area is 132 Å². The van der Waals surface area contributed by atoms with E-state index >= 15 is 0 Å². The van der Waals surface area contributed by atoms with Gasteiger partial charge >= 0.3 is 0 Å². The first-order chi connectivity index (χ1) is 8.60. The van der Waals surface area contributed by atoms with Crippen LogP contribution in [0.3, 0.4) is 0 Å². The highest BCUT2D eigenvalue weighted by molar-refractivity contribution is 9.10. The average molecular weight is 411 g/mol. The van der Waals surface area contributed by atoms with Crippen LogP contribution in [-0.2, 0) is 5.33 Å². The van der Waals surface area contributed by atoms with Gasteiger partial charge in [0, 0.05) is 16.4 Å². The van der Waals surface area contributed by atoms with Gasteiger partial charge < -0.3 is 4.74 Å². The van der Waals surface area contributed by atoms with Crippen LogP contribution in [-0.4, -0.2) is 0 Å². The molecule has 0 fully saturated rings. The van der Waals surface area contributed by atoms with Gasteiger partial charge in [-0.25, -0.2) is 0 Å². The summed E-state index contributed by atoms with van der Waals surface area (Å²) in [5.41, 5.74) is 1.16. The lowest BCUT2D eigenvalue weighted by atomic mass is 10.2. The van der Waals surface area contributed by atoms with E-state index in [2.05, 4.69) is 31.9 Å². The maximum atomic E-state index is 6.05. The molecule has 0 heterocycles. The largest absolute Gasteiger partial charge is 0.455 e. The third-order valence-corrected chi connectivity index (χ3v) is 4.08. The van der Waals surface area contributed by atoms with Crippen molar-refractivity contribution in [3.63, 3.8) is 0 Å². The van der Waals surface area contributed by atoms with Gasteiger partial charge in [-0.15, -0.1) is 0 Å². The number of benzene rings is 2. The Balaban J connectivity index is 2.31. The minimum Gasteiger partial charge on any atom is -0.455 e. The quantitative estimate of drug-likeness (QED) is 0.529.